The third-order valence-corrected chi connectivity index (χ3v) is 7.76. The topological polar surface area (TPSA) is 160 Å². The zero-order chi connectivity index (χ0) is 30.1. The van der Waals surface area contributed by atoms with Gasteiger partial charge in [-0.05, 0) is 54.2 Å². The monoisotopic (exact) mass is 579 g/mol. The molecular formula is C31H29N7O5. The third-order valence-electron chi connectivity index (χ3n) is 7.76. The van der Waals surface area contributed by atoms with Gasteiger partial charge in [0, 0.05) is 74.3 Å². The van der Waals surface area contributed by atoms with Crippen LogP contribution in [0.3, 0.4) is 0 Å². The number of nitrogen functional groups attached to an aromatic ring is 1. The zero-order valence-corrected chi connectivity index (χ0v) is 23.4. The van der Waals surface area contributed by atoms with Gasteiger partial charge in [-0.2, -0.15) is 0 Å². The number of nitrogens with one attached hydrogen (secondary N) is 1. The number of aryl methyl sites for hydroxylation is 1. The zero-order valence-electron chi connectivity index (χ0n) is 23.4. The lowest BCUT2D eigenvalue weighted by atomic mass is 9.99. The highest BCUT2D eigenvalue weighted by Crippen LogP contribution is 2.32. The molecule has 4 heterocycles. The number of carbonyl (C=O) groups is 1. The maximum absolute atomic E-state index is 13.6. The molecule has 218 valence electrons. The van der Waals surface area contributed by atoms with Gasteiger partial charge in [-0.25, -0.2) is 9.97 Å². The van der Waals surface area contributed by atoms with Crippen LogP contribution in [0.25, 0.3) is 33.3 Å². The maximum Gasteiger partial charge on any atom is 0.269 e. The van der Waals surface area contributed by atoms with Crippen LogP contribution in [-0.4, -0.2) is 43.1 Å². The largest absolute Gasteiger partial charge is 0.383 e. The molecule has 3 aromatic heterocycles. The van der Waals surface area contributed by atoms with E-state index in [4.69, 9.17) is 10.5 Å². The van der Waals surface area contributed by atoms with E-state index in [0.29, 0.717) is 54.0 Å². The molecule has 5 aromatic rings. The van der Waals surface area contributed by atoms with Crippen molar-refractivity contribution in [2.45, 2.75) is 19.4 Å². The van der Waals surface area contributed by atoms with Crippen molar-refractivity contribution < 1.29 is 14.5 Å². The van der Waals surface area contributed by atoms with Crippen molar-refractivity contribution >= 4 is 34.1 Å². The molecule has 1 aliphatic rings. The molecule has 1 amide bonds. The summed E-state index contributed by atoms with van der Waals surface area (Å²) in [7, 11) is 1.88. The number of benzene rings is 2. The van der Waals surface area contributed by atoms with E-state index in [2.05, 4.69) is 15.3 Å². The molecule has 0 aliphatic carbocycles. The van der Waals surface area contributed by atoms with Gasteiger partial charge in [0.15, 0.2) is 0 Å². The Labute approximate surface area is 245 Å². The molecule has 1 aliphatic heterocycles. The summed E-state index contributed by atoms with van der Waals surface area (Å²) in [5.74, 6) is 0.158. The number of hydrogen-bond donors (Lipinski definition) is 2. The Morgan fingerprint density at radius 2 is 1.70 bits per heavy atom. The number of fused-ring (bicyclic) bond motifs is 1. The SMILES string of the molecule is Cn1cc(-c2ccc(NC(=O)c3cn(CC4CCOCC4)cc(-c4ccc([N+](=O)[O-])cc4)c3=O)cc2)c2c(N)ncnc21. The maximum atomic E-state index is 13.6. The number of ether oxygens (including phenoxy) is 1. The van der Waals surface area contributed by atoms with Gasteiger partial charge in [0.05, 0.1) is 10.3 Å². The van der Waals surface area contributed by atoms with Gasteiger partial charge in [0.25, 0.3) is 11.6 Å². The number of nitrogens with two attached hydrogens (primary N) is 1. The molecule has 0 bridgehead atoms. The van der Waals surface area contributed by atoms with E-state index in [0.717, 1.165) is 29.4 Å². The number of non-ortho nitro benzene ring substituents is 1. The van der Waals surface area contributed by atoms with Gasteiger partial charge in [0.2, 0.25) is 5.43 Å². The number of rotatable bonds is 7. The predicted molar refractivity (Wildman–Crippen MR) is 163 cm³/mol. The standard InChI is InChI=1S/C31H29N7O5/c1-36-15-24(27-29(32)33-18-34-30(27)36)20-2-6-22(7-3-20)35-31(40)26-17-37(14-19-10-12-43-13-11-19)16-25(28(26)39)21-4-8-23(9-5-21)38(41)42/h2-9,15-19H,10-14H2,1H3,(H,35,40)(H2,32,33,34). The molecule has 2 aromatic carbocycles. The Bertz CT molecular complexity index is 1890. The fourth-order valence-corrected chi connectivity index (χ4v) is 5.48. The number of amides is 1. The highest BCUT2D eigenvalue weighted by Gasteiger charge is 2.20. The summed E-state index contributed by atoms with van der Waals surface area (Å²) in [6.45, 7) is 1.94. The minimum Gasteiger partial charge on any atom is -0.383 e. The van der Waals surface area contributed by atoms with Crippen molar-refractivity contribution in [1.29, 1.82) is 0 Å². The molecular weight excluding hydrogens is 550 g/mol. The van der Waals surface area contributed by atoms with Gasteiger partial charge in [-0.1, -0.05) is 12.1 Å². The lowest BCUT2D eigenvalue weighted by Gasteiger charge is -2.23. The van der Waals surface area contributed by atoms with Crippen LogP contribution in [0.4, 0.5) is 17.2 Å². The first-order chi connectivity index (χ1) is 20.8. The molecule has 6 rings (SSSR count). The highest BCUT2D eigenvalue weighted by molar-refractivity contribution is 6.05. The Kier molecular flexibility index (Phi) is 7.43. The van der Waals surface area contributed by atoms with Gasteiger partial charge < -0.3 is 24.9 Å². The van der Waals surface area contributed by atoms with Crippen LogP contribution in [0.1, 0.15) is 23.2 Å². The van der Waals surface area contributed by atoms with E-state index in [-0.39, 0.29) is 11.3 Å². The summed E-state index contributed by atoms with van der Waals surface area (Å²) in [6, 6.07) is 13.0. The van der Waals surface area contributed by atoms with E-state index in [9.17, 15) is 19.7 Å². The van der Waals surface area contributed by atoms with Crippen LogP contribution >= 0.6 is 0 Å². The van der Waals surface area contributed by atoms with Crippen molar-refractivity contribution in [3.63, 3.8) is 0 Å². The lowest BCUT2D eigenvalue weighted by Crippen LogP contribution is -2.26. The van der Waals surface area contributed by atoms with E-state index < -0.39 is 16.3 Å². The van der Waals surface area contributed by atoms with E-state index in [1.54, 1.807) is 24.5 Å². The first-order valence-corrected chi connectivity index (χ1v) is 13.8. The number of pyridine rings is 1. The summed E-state index contributed by atoms with van der Waals surface area (Å²) < 4.78 is 9.22. The molecule has 0 spiro atoms. The molecule has 12 nitrogen and oxygen atoms in total. The molecule has 1 fully saturated rings. The van der Waals surface area contributed by atoms with Crippen LogP contribution in [-0.2, 0) is 18.3 Å². The van der Waals surface area contributed by atoms with Crippen LogP contribution in [0.5, 0.6) is 0 Å². The van der Waals surface area contributed by atoms with Crippen molar-refractivity contribution in [3.8, 4) is 22.3 Å². The van der Waals surface area contributed by atoms with E-state index in [1.807, 2.05) is 34.5 Å². The van der Waals surface area contributed by atoms with Gasteiger partial charge >= 0.3 is 0 Å². The number of nitro groups is 1. The number of nitrogens with zero attached hydrogens (tertiary/aromatic N) is 5. The first kappa shape index (κ1) is 27.8. The lowest BCUT2D eigenvalue weighted by molar-refractivity contribution is -0.384. The number of anilines is 2. The van der Waals surface area contributed by atoms with E-state index in [1.165, 1.54) is 30.6 Å². The summed E-state index contributed by atoms with van der Waals surface area (Å²) in [4.78, 5) is 46.2. The minimum atomic E-state index is -0.551. The second kappa shape index (κ2) is 11.5. The van der Waals surface area contributed by atoms with Crippen LogP contribution in [0, 0.1) is 16.0 Å². The number of aromatic nitrogens is 4. The van der Waals surface area contributed by atoms with Crippen molar-refractivity contribution in [2.75, 3.05) is 24.3 Å². The average Bonchev–Trinajstić information content (AvgIpc) is 3.36. The Morgan fingerprint density at radius 1 is 1.02 bits per heavy atom. The summed E-state index contributed by atoms with van der Waals surface area (Å²) >= 11 is 0. The molecule has 0 saturated carbocycles. The molecule has 1 saturated heterocycles. The summed E-state index contributed by atoms with van der Waals surface area (Å²) in [5.41, 5.74) is 9.31. The van der Waals surface area contributed by atoms with E-state index >= 15 is 0 Å². The van der Waals surface area contributed by atoms with Gasteiger partial charge in [-0.15, -0.1) is 0 Å². The summed E-state index contributed by atoms with van der Waals surface area (Å²) in [5, 5.41) is 14.7. The molecule has 3 N–H and O–H groups in total. The summed E-state index contributed by atoms with van der Waals surface area (Å²) in [6.07, 6.45) is 8.39. The van der Waals surface area contributed by atoms with Gasteiger partial charge in [-0.3, -0.25) is 19.7 Å². The second-order valence-electron chi connectivity index (χ2n) is 10.6. The minimum absolute atomic E-state index is 0.0223. The third kappa shape index (κ3) is 5.60. The molecule has 0 unspecified atom stereocenters. The fourth-order valence-electron chi connectivity index (χ4n) is 5.48. The highest BCUT2D eigenvalue weighted by atomic mass is 16.6. The number of hydrogen-bond acceptors (Lipinski definition) is 8. The number of carbonyl (C=O) groups excluding carboxylic acids is 1. The second-order valence-corrected chi connectivity index (χ2v) is 10.6. The molecule has 0 radical (unpaired) electrons. The van der Waals surface area contributed by atoms with Crippen molar-refractivity contribution in [2.24, 2.45) is 13.0 Å². The van der Waals surface area contributed by atoms with Crippen LogP contribution in [0.15, 0.2) is 78.2 Å². The first-order valence-electron chi connectivity index (χ1n) is 13.8. The average molecular weight is 580 g/mol. The number of nitro benzene ring substituents is 1. The van der Waals surface area contributed by atoms with Crippen LogP contribution < -0.4 is 16.5 Å². The fraction of sp³-hybridized carbons (Fsp3) is 0.226. The molecule has 12 heteroatoms. The molecule has 0 atom stereocenters. The molecule has 43 heavy (non-hydrogen) atoms. The Morgan fingerprint density at radius 3 is 2.40 bits per heavy atom. The Hall–Kier alpha value is -5.36. The van der Waals surface area contributed by atoms with Crippen molar-refractivity contribution in [1.82, 2.24) is 19.1 Å². The predicted octanol–water partition coefficient (Wildman–Crippen LogP) is 4.63. The quantitative estimate of drug-likeness (QED) is 0.208. The van der Waals surface area contributed by atoms with Crippen molar-refractivity contribution in [3.05, 3.63) is 99.3 Å². The van der Waals surface area contributed by atoms with Gasteiger partial charge in [0.1, 0.15) is 23.4 Å². The normalized spacial score (nSPS) is 13.7. The van der Waals surface area contributed by atoms with Crippen LogP contribution in [0.2, 0.25) is 0 Å². The smallest absolute Gasteiger partial charge is 0.269 e. The Balaban J connectivity index is 1.31.